The van der Waals surface area contributed by atoms with E-state index >= 15 is 0 Å². The summed E-state index contributed by atoms with van der Waals surface area (Å²) < 4.78 is 2.39. The molecule has 1 atom stereocenters. The van der Waals surface area contributed by atoms with Crippen molar-refractivity contribution in [3.63, 3.8) is 0 Å². The number of rotatable bonds is 3. The van der Waals surface area contributed by atoms with Crippen molar-refractivity contribution in [3.8, 4) is 0 Å². The molecular formula is C22H24N4. The molecule has 26 heavy (non-hydrogen) atoms. The highest BCUT2D eigenvalue weighted by Gasteiger charge is 2.32. The van der Waals surface area contributed by atoms with Gasteiger partial charge in [0.15, 0.2) is 5.82 Å². The molecule has 0 radical (unpaired) electrons. The first-order valence-electron chi connectivity index (χ1n) is 9.65. The zero-order chi connectivity index (χ0) is 17.3. The summed E-state index contributed by atoms with van der Waals surface area (Å²) in [6.07, 6.45) is 4.55. The normalized spacial score (nSPS) is 19.8. The van der Waals surface area contributed by atoms with Gasteiger partial charge in [-0.3, -0.25) is 4.90 Å². The third kappa shape index (κ3) is 2.84. The van der Waals surface area contributed by atoms with Gasteiger partial charge in [-0.2, -0.15) is 0 Å². The van der Waals surface area contributed by atoms with E-state index in [0.717, 1.165) is 38.3 Å². The molecule has 0 bridgehead atoms. The second-order valence-corrected chi connectivity index (χ2v) is 7.46. The first-order valence-corrected chi connectivity index (χ1v) is 9.65. The summed E-state index contributed by atoms with van der Waals surface area (Å²) in [6, 6.07) is 19.9. The molecule has 5 rings (SSSR count). The topological polar surface area (TPSA) is 34.0 Å². The molecule has 2 aliphatic heterocycles. The molecule has 4 heteroatoms. The average Bonchev–Trinajstić information content (AvgIpc) is 3.12. The van der Waals surface area contributed by atoms with Crippen molar-refractivity contribution < 1.29 is 0 Å². The van der Waals surface area contributed by atoms with Gasteiger partial charge in [0.05, 0.1) is 6.04 Å². The minimum atomic E-state index is 0.296. The highest BCUT2D eigenvalue weighted by molar-refractivity contribution is 5.31. The minimum Gasteiger partial charge on any atom is -0.314 e. The Morgan fingerprint density at radius 1 is 0.885 bits per heavy atom. The first kappa shape index (κ1) is 15.8. The second kappa shape index (κ2) is 6.69. The number of hydrogen-bond donors (Lipinski definition) is 0. The molecule has 4 nitrogen and oxygen atoms in total. The highest BCUT2D eigenvalue weighted by atomic mass is 15.3. The van der Waals surface area contributed by atoms with Crippen molar-refractivity contribution in [1.29, 1.82) is 0 Å². The van der Waals surface area contributed by atoms with E-state index in [2.05, 4.69) is 74.3 Å². The van der Waals surface area contributed by atoms with Gasteiger partial charge < -0.3 is 4.57 Å². The van der Waals surface area contributed by atoms with E-state index in [9.17, 15) is 0 Å². The Kier molecular flexibility index (Phi) is 4.06. The third-order valence-electron chi connectivity index (χ3n) is 5.76. The van der Waals surface area contributed by atoms with Crippen LogP contribution in [0.5, 0.6) is 0 Å². The van der Waals surface area contributed by atoms with Crippen LogP contribution in [-0.2, 0) is 32.5 Å². The van der Waals surface area contributed by atoms with E-state index in [1.54, 1.807) is 0 Å². The number of aromatic nitrogens is 3. The number of aryl methyl sites for hydroxylation is 1. The van der Waals surface area contributed by atoms with E-state index in [1.807, 2.05) is 0 Å². The molecule has 0 fully saturated rings. The summed E-state index contributed by atoms with van der Waals surface area (Å²) in [7, 11) is 0. The summed E-state index contributed by atoms with van der Waals surface area (Å²) >= 11 is 0. The van der Waals surface area contributed by atoms with Gasteiger partial charge in [0.2, 0.25) is 0 Å². The Morgan fingerprint density at radius 2 is 1.69 bits per heavy atom. The van der Waals surface area contributed by atoms with Crippen molar-refractivity contribution in [2.45, 2.75) is 51.4 Å². The van der Waals surface area contributed by atoms with Crippen LogP contribution in [0.2, 0.25) is 0 Å². The van der Waals surface area contributed by atoms with Crippen LogP contribution >= 0.6 is 0 Å². The standard InChI is InChI=1S/C22H24N4/c1-2-8-17(9-3-1)15-25-16-19-11-5-4-10-18(19)14-20(25)22-24-23-21-12-6-7-13-26(21)22/h1-5,8-11,20H,6-7,12-16H2. The minimum absolute atomic E-state index is 0.296. The van der Waals surface area contributed by atoms with Crippen molar-refractivity contribution in [2.24, 2.45) is 0 Å². The summed E-state index contributed by atoms with van der Waals surface area (Å²) in [5, 5.41) is 9.17. The summed E-state index contributed by atoms with van der Waals surface area (Å²) in [6.45, 7) is 2.98. The Labute approximate surface area is 154 Å². The van der Waals surface area contributed by atoms with Crippen molar-refractivity contribution >= 4 is 0 Å². The highest BCUT2D eigenvalue weighted by Crippen LogP contribution is 2.34. The number of hydrogen-bond acceptors (Lipinski definition) is 3. The van der Waals surface area contributed by atoms with Gasteiger partial charge in [0.25, 0.3) is 0 Å². The maximum atomic E-state index is 4.66. The van der Waals surface area contributed by atoms with Crippen LogP contribution in [0.15, 0.2) is 54.6 Å². The molecule has 0 aliphatic carbocycles. The third-order valence-corrected chi connectivity index (χ3v) is 5.76. The molecule has 0 amide bonds. The zero-order valence-electron chi connectivity index (χ0n) is 15.0. The first-order chi connectivity index (χ1) is 12.9. The molecular weight excluding hydrogens is 320 g/mol. The van der Waals surface area contributed by atoms with Crippen LogP contribution in [0.3, 0.4) is 0 Å². The SMILES string of the molecule is c1ccc(CN2Cc3ccccc3CC2c2nnc3n2CCCC3)cc1. The lowest BCUT2D eigenvalue weighted by Crippen LogP contribution is -2.35. The molecule has 3 aromatic rings. The van der Waals surface area contributed by atoms with Gasteiger partial charge in [-0.05, 0) is 36.0 Å². The molecule has 2 aliphatic rings. The number of fused-ring (bicyclic) bond motifs is 2. The van der Waals surface area contributed by atoms with Crippen LogP contribution in [0.1, 0.15) is 47.2 Å². The summed E-state index contributed by atoms with van der Waals surface area (Å²) in [5.74, 6) is 2.33. The van der Waals surface area contributed by atoms with Crippen molar-refractivity contribution in [1.82, 2.24) is 19.7 Å². The monoisotopic (exact) mass is 344 g/mol. The molecule has 1 unspecified atom stereocenters. The second-order valence-electron chi connectivity index (χ2n) is 7.46. The van der Waals surface area contributed by atoms with E-state index in [0.29, 0.717) is 6.04 Å². The smallest absolute Gasteiger partial charge is 0.150 e. The molecule has 1 aromatic heterocycles. The molecule has 132 valence electrons. The van der Waals surface area contributed by atoms with Gasteiger partial charge in [-0.25, -0.2) is 0 Å². The lowest BCUT2D eigenvalue weighted by Gasteiger charge is -2.37. The summed E-state index contributed by atoms with van der Waals surface area (Å²) in [5.41, 5.74) is 4.25. The largest absolute Gasteiger partial charge is 0.314 e. The maximum absolute atomic E-state index is 4.66. The van der Waals surface area contributed by atoms with E-state index in [1.165, 1.54) is 35.4 Å². The fourth-order valence-electron chi connectivity index (χ4n) is 4.39. The van der Waals surface area contributed by atoms with Gasteiger partial charge in [0, 0.05) is 26.1 Å². The number of nitrogens with zero attached hydrogens (tertiary/aromatic N) is 4. The lowest BCUT2D eigenvalue weighted by atomic mass is 9.92. The van der Waals surface area contributed by atoms with Crippen LogP contribution in [0.4, 0.5) is 0 Å². The lowest BCUT2D eigenvalue weighted by molar-refractivity contribution is 0.151. The number of benzene rings is 2. The fraction of sp³-hybridized carbons (Fsp3) is 0.364. The molecule has 0 N–H and O–H groups in total. The van der Waals surface area contributed by atoms with Crippen LogP contribution < -0.4 is 0 Å². The summed E-state index contributed by atoms with van der Waals surface area (Å²) in [4.78, 5) is 2.57. The van der Waals surface area contributed by atoms with Crippen LogP contribution in [0.25, 0.3) is 0 Å². The Hall–Kier alpha value is -2.46. The molecule has 2 aromatic carbocycles. The van der Waals surface area contributed by atoms with E-state index in [4.69, 9.17) is 0 Å². The van der Waals surface area contributed by atoms with E-state index in [-0.39, 0.29) is 0 Å². The fourth-order valence-corrected chi connectivity index (χ4v) is 4.39. The van der Waals surface area contributed by atoms with Crippen molar-refractivity contribution in [2.75, 3.05) is 0 Å². The predicted molar refractivity (Wildman–Crippen MR) is 102 cm³/mol. The predicted octanol–water partition coefficient (Wildman–Crippen LogP) is 3.91. The Bertz CT molecular complexity index is 900. The van der Waals surface area contributed by atoms with E-state index < -0.39 is 0 Å². The van der Waals surface area contributed by atoms with Gasteiger partial charge >= 0.3 is 0 Å². The zero-order valence-corrected chi connectivity index (χ0v) is 15.0. The Morgan fingerprint density at radius 3 is 2.58 bits per heavy atom. The molecule has 3 heterocycles. The maximum Gasteiger partial charge on any atom is 0.150 e. The van der Waals surface area contributed by atoms with Crippen LogP contribution in [0, 0.1) is 0 Å². The Balaban J connectivity index is 1.53. The van der Waals surface area contributed by atoms with Crippen LogP contribution in [-0.4, -0.2) is 19.7 Å². The van der Waals surface area contributed by atoms with Crippen molar-refractivity contribution in [3.05, 3.63) is 82.9 Å². The molecule has 0 saturated carbocycles. The average molecular weight is 344 g/mol. The molecule has 0 saturated heterocycles. The van der Waals surface area contributed by atoms with Gasteiger partial charge in [-0.15, -0.1) is 10.2 Å². The van der Waals surface area contributed by atoms with Gasteiger partial charge in [0.1, 0.15) is 5.82 Å². The van der Waals surface area contributed by atoms with Gasteiger partial charge in [-0.1, -0.05) is 54.6 Å². The quantitative estimate of drug-likeness (QED) is 0.722. The molecule has 0 spiro atoms.